The van der Waals surface area contributed by atoms with Gasteiger partial charge in [0.2, 0.25) is 5.91 Å². The minimum Gasteiger partial charge on any atom is -0.331 e. The lowest BCUT2D eigenvalue weighted by molar-refractivity contribution is -0.139. The van der Waals surface area contributed by atoms with Gasteiger partial charge in [-0.05, 0) is 49.3 Å². The highest BCUT2D eigenvalue weighted by Crippen LogP contribution is 2.37. The molecule has 1 aromatic carbocycles. The zero-order valence-corrected chi connectivity index (χ0v) is 18.7. The lowest BCUT2D eigenvalue weighted by Gasteiger charge is -2.34. The lowest BCUT2D eigenvalue weighted by atomic mass is 9.75. The first kappa shape index (κ1) is 22.0. The van der Waals surface area contributed by atoms with Gasteiger partial charge in [0.1, 0.15) is 12.1 Å². The second-order valence-corrected chi connectivity index (χ2v) is 8.83. The highest BCUT2D eigenvalue weighted by Gasteiger charge is 2.52. The van der Waals surface area contributed by atoms with Crippen molar-refractivity contribution in [2.24, 2.45) is 5.92 Å². The molecule has 1 aliphatic heterocycles. The Morgan fingerprint density at radius 3 is 2.47 bits per heavy atom. The van der Waals surface area contributed by atoms with E-state index in [-0.39, 0.29) is 18.4 Å². The third kappa shape index (κ3) is 4.11. The Balaban J connectivity index is 1.52. The van der Waals surface area contributed by atoms with Crippen molar-refractivity contribution < 1.29 is 14.4 Å². The second kappa shape index (κ2) is 9.10. The summed E-state index contributed by atoms with van der Waals surface area (Å²) < 4.78 is 0. The van der Waals surface area contributed by atoms with E-state index in [2.05, 4.69) is 17.2 Å². The summed E-state index contributed by atoms with van der Waals surface area (Å²) in [5.41, 5.74) is 0.788. The van der Waals surface area contributed by atoms with Gasteiger partial charge in [0.05, 0.1) is 11.7 Å². The average molecular weight is 435 g/mol. The van der Waals surface area contributed by atoms with Crippen LogP contribution in [0.4, 0.5) is 4.79 Å². The molecule has 4 amide bonds. The van der Waals surface area contributed by atoms with Crippen molar-refractivity contribution in [3.8, 4) is 0 Å². The number of carbonyl (C=O) groups is 3. The van der Waals surface area contributed by atoms with Crippen molar-refractivity contribution in [1.82, 2.24) is 20.1 Å². The molecule has 168 valence electrons. The number of rotatable bonds is 6. The fourth-order valence-corrected chi connectivity index (χ4v) is 4.89. The van der Waals surface area contributed by atoms with E-state index in [4.69, 9.17) is 0 Å². The number of amides is 4. The van der Waals surface area contributed by atoms with E-state index >= 15 is 0 Å². The van der Waals surface area contributed by atoms with E-state index in [9.17, 15) is 14.4 Å². The average Bonchev–Trinajstić information content (AvgIpc) is 3.05. The number of aromatic nitrogens is 1. The first-order valence-electron chi connectivity index (χ1n) is 11.3. The molecule has 2 heterocycles. The van der Waals surface area contributed by atoms with Gasteiger partial charge in [0.25, 0.3) is 5.91 Å². The number of imide groups is 1. The number of carbonyl (C=O) groups excluding carboxylic acids is 3. The molecule has 7 heteroatoms. The topological polar surface area (TPSA) is 82.6 Å². The van der Waals surface area contributed by atoms with Crippen LogP contribution in [0.3, 0.4) is 0 Å². The monoisotopic (exact) mass is 434 g/mol. The molecule has 1 N–H and O–H groups in total. The lowest BCUT2D eigenvalue weighted by Crippen LogP contribution is -2.50. The molecule has 1 atom stereocenters. The molecule has 1 saturated carbocycles. The fourth-order valence-electron chi connectivity index (χ4n) is 4.89. The minimum absolute atomic E-state index is 0.270. The van der Waals surface area contributed by atoms with Crippen LogP contribution >= 0.6 is 0 Å². The second-order valence-electron chi connectivity index (χ2n) is 8.83. The summed E-state index contributed by atoms with van der Waals surface area (Å²) in [6.45, 7) is 1.87. The summed E-state index contributed by atoms with van der Waals surface area (Å²) in [6, 6.07) is 14.3. The molecule has 2 fully saturated rings. The highest BCUT2D eigenvalue weighted by atomic mass is 16.2. The van der Waals surface area contributed by atoms with Crippen molar-refractivity contribution in [1.29, 1.82) is 0 Å². The van der Waals surface area contributed by atoms with Crippen LogP contribution in [0.2, 0.25) is 0 Å². The molecule has 0 bridgehead atoms. The Labute approximate surface area is 188 Å². The number of pyridine rings is 1. The Hall–Kier alpha value is -3.22. The molecule has 2 aromatic rings. The molecule has 1 aromatic heterocycles. The van der Waals surface area contributed by atoms with Crippen molar-refractivity contribution >= 4 is 17.8 Å². The molecule has 32 heavy (non-hydrogen) atoms. The molecule has 4 rings (SSSR count). The molecule has 1 unspecified atom stereocenters. The number of likely N-dealkylation sites (N-methyl/N-ethyl adjacent to an activating group) is 1. The smallest absolute Gasteiger partial charge is 0.325 e. The summed E-state index contributed by atoms with van der Waals surface area (Å²) in [6.07, 6.45) is 5.88. The van der Waals surface area contributed by atoms with Gasteiger partial charge in [0.15, 0.2) is 0 Å². The number of hydrogen-bond acceptors (Lipinski definition) is 4. The molecular formula is C25H30N4O3. The Morgan fingerprint density at radius 1 is 1.16 bits per heavy atom. The summed E-state index contributed by atoms with van der Waals surface area (Å²) in [5.74, 6) is 0.0114. The maximum atomic E-state index is 13.3. The number of benzene rings is 1. The molecule has 7 nitrogen and oxygen atoms in total. The molecule has 1 saturated heterocycles. The van der Waals surface area contributed by atoms with Crippen LogP contribution in [0.25, 0.3) is 0 Å². The van der Waals surface area contributed by atoms with Gasteiger partial charge in [-0.25, -0.2) is 4.79 Å². The Bertz CT molecular complexity index is 932. The van der Waals surface area contributed by atoms with Gasteiger partial charge >= 0.3 is 6.03 Å². The third-order valence-corrected chi connectivity index (χ3v) is 6.94. The highest BCUT2D eigenvalue weighted by molar-refractivity contribution is 6.09. The van der Waals surface area contributed by atoms with Crippen molar-refractivity contribution in [2.75, 3.05) is 13.6 Å². The predicted octanol–water partition coefficient (Wildman–Crippen LogP) is 3.52. The maximum Gasteiger partial charge on any atom is 0.325 e. The van der Waals surface area contributed by atoms with Gasteiger partial charge in [-0.2, -0.15) is 0 Å². The first-order chi connectivity index (χ1) is 15.4. The van der Waals surface area contributed by atoms with E-state index in [1.54, 1.807) is 18.1 Å². The molecule has 1 spiro atoms. The van der Waals surface area contributed by atoms with Gasteiger partial charge in [-0.15, -0.1) is 0 Å². The summed E-state index contributed by atoms with van der Waals surface area (Å²) in [5, 5.41) is 2.90. The standard InChI is InChI=1S/C25H30N4O3/c1-3-18-12-14-25(15-13-18)23(31)29(24(32)27-25)17-21(30)28(2)22(19-9-5-4-6-10-19)20-11-7-8-16-26-20/h4-11,16,18,22H,3,12-15,17H2,1-2H3,(H,27,32). The molecule has 2 aliphatic rings. The Morgan fingerprint density at radius 2 is 1.84 bits per heavy atom. The summed E-state index contributed by atoms with van der Waals surface area (Å²) in [7, 11) is 1.69. The van der Waals surface area contributed by atoms with Crippen LogP contribution < -0.4 is 5.32 Å². The van der Waals surface area contributed by atoms with Crippen LogP contribution in [-0.4, -0.2) is 51.8 Å². The van der Waals surface area contributed by atoms with Crippen LogP contribution in [0.15, 0.2) is 54.7 Å². The third-order valence-electron chi connectivity index (χ3n) is 6.94. The van der Waals surface area contributed by atoms with E-state index in [1.165, 1.54) is 0 Å². The number of hydrogen-bond donors (Lipinski definition) is 1. The Kier molecular flexibility index (Phi) is 6.26. The van der Waals surface area contributed by atoms with Crippen molar-refractivity contribution in [2.45, 2.75) is 50.6 Å². The van der Waals surface area contributed by atoms with Crippen LogP contribution in [-0.2, 0) is 9.59 Å². The van der Waals surface area contributed by atoms with Gasteiger partial charge in [-0.3, -0.25) is 19.5 Å². The van der Waals surface area contributed by atoms with Crippen LogP contribution in [0.5, 0.6) is 0 Å². The van der Waals surface area contributed by atoms with Gasteiger partial charge < -0.3 is 10.2 Å². The van der Waals surface area contributed by atoms with Crippen LogP contribution in [0, 0.1) is 5.92 Å². The van der Waals surface area contributed by atoms with Gasteiger partial charge in [-0.1, -0.05) is 49.7 Å². The van der Waals surface area contributed by atoms with Crippen LogP contribution in [0.1, 0.15) is 56.3 Å². The maximum absolute atomic E-state index is 13.3. The summed E-state index contributed by atoms with van der Waals surface area (Å²) >= 11 is 0. The van der Waals surface area contributed by atoms with E-state index < -0.39 is 17.6 Å². The van der Waals surface area contributed by atoms with E-state index in [0.717, 1.165) is 35.4 Å². The first-order valence-corrected chi connectivity index (χ1v) is 11.3. The van der Waals surface area contributed by atoms with Gasteiger partial charge in [0, 0.05) is 13.2 Å². The fraction of sp³-hybridized carbons (Fsp3) is 0.440. The quantitative estimate of drug-likeness (QED) is 0.705. The molecule has 1 aliphatic carbocycles. The zero-order valence-electron chi connectivity index (χ0n) is 18.7. The SMILES string of the molecule is CCC1CCC2(CC1)NC(=O)N(CC(=O)N(C)C(c1ccccc1)c1ccccn1)C2=O. The van der Waals surface area contributed by atoms with Crippen molar-refractivity contribution in [3.05, 3.63) is 66.0 Å². The van der Waals surface area contributed by atoms with Crippen molar-refractivity contribution in [3.63, 3.8) is 0 Å². The molecular weight excluding hydrogens is 404 g/mol. The number of nitrogens with zero attached hydrogens (tertiary/aromatic N) is 3. The normalized spacial score (nSPS) is 23.8. The molecule has 0 radical (unpaired) electrons. The van der Waals surface area contributed by atoms with E-state index in [1.807, 2.05) is 48.5 Å². The summed E-state index contributed by atoms with van der Waals surface area (Å²) in [4.78, 5) is 46.3. The van der Waals surface area contributed by atoms with E-state index in [0.29, 0.717) is 18.8 Å². The zero-order chi connectivity index (χ0) is 22.7. The number of nitrogens with one attached hydrogen (secondary N) is 1. The minimum atomic E-state index is -0.846. The number of urea groups is 1. The largest absolute Gasteiger partial charge is 0.331 e. The predicted molar refractivity (Wildman–Crippen MR) is 121 cm³/mol.